The predicted molar refractivity (Wildman–Crippen MR) is 67.3 cm³/mol. The molecule has 0 atom stereocenters. The van der Waals surface area contributed by atoms with E-state index in [1.165, 1.54) is 37.8 Å². The number of aliphatic hydroxyl groups is 1. The molecule has 0 amide bonds. The van der Waals surface area contributed by atoms with Crippen LogP contribution >= 0.6 is 0 Å². The number of hydrogen-bond donors (Lipinski definition) is 1. The highest BCUT2D eigenvalue weighted by Gasteiger charge is 2.21. The molecule has 0 heterocycles. The van der Waals surface area contributed by atoms with Crippen molar-refractivity contribution in [3.05, 3.63) is 11.8 Å². The quantitative estimate of drug-likeness (QED) is 0.610. The number of hydrogen-bond acceptors (Lipinski definition) is 1. The van der Waals surface area contributed by atoms with E-state index in [0.717, 1.165) is 0 Å². The van der Waals surface area contributed by atoms with Gasteiger partial charge in [-0.3, -0.25) is 0 Å². The summed E-state index contributed by atoms with van der Waals surface area (Å²) < 4.78 is 0. The minimum Gasteiger partial charge on any atom is -0.392 e. The molecule has 2 heteroatoms. The average Bonchev–Trinajstić information content (AvgIpc) is 2.21. The molecular formula is C12H26OSi. The zero-order valence-corrected chi connectivity index (χ0v) is 11.1. The summed E-state index contributed by atoms with van der Waals surface area (Å²) in [7, 11) is -1.15. The Morgan fingerprint density at radius 1 is 1.07 bits per heavy atom. The van der Waals surface area contributed by atoms with Crippen LogP contribution in [0, 0.1) is 0 Å². The van der Waals surface area contributed by atoms with Gasteiger partial charge in [-0.1, -0.05) is 69.9 Å². The summed E-state index contributed by atoms with van der Waals surface area (Å²) in [6.07, 6.45) is 7.24. The Balaban J connectivity index is 4.09. The van der Waals surface area contributed by atoms with E-state index in [-0.39, 0.29) is 6.61 Å². The first kappa shape index (κ1) is 13.9. The molecule has 1 nitrogen and oxygen atoms in total. The first-order valence-electron chi connectivity index (χ1n) is 5.97. The van der Waals surface area contributed by atoms with Gasteiger partial charge in [0.15, 0.2) is 0 Å². The number of rotatable bonds is 8. The van der Waals surface area contributed by atoms with Crippen LogP contribution in [0.4, 0.5) is 0 Å². The average molecular weight is 214 g/mol. The maximum atomic E-state index is 8.82. The first-order valence-corrected chi connectivity index (χ1v) is 8.96. The van der Waals surface area contributed by atoms with Crippen LogP contribution in [0.5, 0.6) is 0 Å². The molecule has 0 radical (unpaired) electrons. The lowest BCUT2D eigenvalue weighted by molar-refractivity contribution is 0.343. The van der Waals surface area contributed by atoms with Crippen LogP contribution in [0.15, 0.2) is 11.8 Å². The second-order valence-electron chi connectivity index (χ2n) is 4.45. The fourth-order valence-electron chi connectivity index (χ4n) is 1.79. The molecule has 0 spiro atoms. The Bertz CT molecular complexity index is 146. The lowest BCUT2D eigenvalue weighted by Crippen LogP contribution is -2.27. The molecule has 0 saturated heterocycles. The normalized spacial score (nSPS) is 12.6. The predicted octanol–water partition coefficient (Wildman–Crippen LogP) is 3.75. The molecule has 0 saturated carbocycles. The van der Waals surface area contributed by atoms with Gasteiger partial charge in [-0.05, 0) is 0 Å². The van der Waals surface area contributed by atoms with Crippen LogP contribution in [0.3, 0.4) is 0 Å². The zero-order chi connectivity index (χ0) is 10.9. The van der Waals surface area contributed by atoms with E-state index in [4.69, 9.17) is 5.11 Å². The Hall–Kier alpha value is -0.0831. The zero-order valence-electron chi connectivity index (χ0n) is 10.1. The number of unbranched alkanes of at least 4 members (excludes halogenated alkanes) is 2. The molecule has 0 rings (SSSR count). The summed E-state index contributed by atoms with van der Waals surface area (Å²) in [5, 5.41) is 8.82. The summed E-state index contributed by atoms with van der Waals surface area (Å²) in [6.45, 7) is 7.17. The van der Waals surface area contributed by atoms with Crippen molar-refractivity contribution in [3.63, 3.8) is 0 Å². The number of aliphatic hydroxyl groups excluding tert-OH is 1. The van der Waals surface area contributed by atoms with Crippen molar-refractivity contribution in [1.29, 1.82) is 0 Å². The minimum atomic E-state index is -1.15. The first-order chi connectivity index (χ1) is 6.68. The molecule has 0 unspecified atom stereocenters. The van der Waals surface area contributed by atoms with Gasteiger partial charge in [0, 0.05) is 0 Å². The molecule has 84 valence electrons. The van der Waals surface area contributed by atoms with Gasteiger partial charge in [-0.2, -0.15) is 0 Å². The van der Waals surface area contributed by atoms with E-state index >= 15 is 0 Å². The molecule has 0 aliphatic rings. The fourth-order valence-corrected chi connectivity index (χ4v) is 5.37. The lowest BCUT2D eigenvalue weighted by atomic mass is 10.4. The Morgan fingerprint density at radius 2 is 1.57 bits per heavy atom. The Labute approximate surface area is 90.2 Å². The molecule has 0 bridgehead atoms. The molecule has 0 aliphatic carbocycles. The van der Waals surface area contributed by atoms with Crippen molar-refractivity contribution in [3.8, 4) is 0 Å². The maximum absolute atomic E-state index is 8.82. The second-order valence-corrected chi connectivity index (χ2v) is 9.09. The van der Waals surface area contributed by atoms with Crippen molar-refractivity contribution < 1.29 is 5.11 Å². The summed E-state index contributed by atoms with van der Waals surface area (Å²) in [5.74, 6) is 0. The highest BCUT2D eigenvalue weighted by molar-refractivity contribution is 6.83. The smallest absolute Gasteiger partial charge is 0.0744 e. The van der Waals surface area contributed by atoms with E-state index in [0.29, 0.717) is 0 Å². The minimum absolute atomic E-state index is 0.209. The third-order valence-electron chi connectivity index (χ3n) is 2.83. The molecule has 0 aliphatic heterocycles. The topological polar surface area (TPSA) is 20.2 Å². The van der Waals surface area contributed by atoms with Gasteiger partial charge in [0.25, 0.3) is 0 Å². The second kappa shape index (κ2) is 8.24. The summed E-state index contributed by atoms with van der Waals surface area (Å²) in [4.78, 5) is 0. The molecule has 1 N–H and O–H groups in total. The van der Waals surface area contributed by atoms with Gasteiger partial charge >= 0.3 is 0 Å². The van der Waals surface area contributed by atoms with Crippen molar-refractivity contribution in [1.82, 2.24) is 0 Å². The maximum Gasteiger partial charge on any atom is 0.0744 e. The third kappa shape index (κ3) is 6.38. The van der Waals surface area contributed by atoms with Crippen LogP contribution < -0.4 is 0 Å². The van der Waals surface area contributed by atoms with Gasteiger partial charge in [0.1, 0.15) is 0 Å². The van der Waals surface area contributed by atoms with Gasteiger partial charge < -0.3 is 5.11 Å². The summed E-state index contributed by atoms with van der Waals surface area (Å²) in [5.41, 5.74) is 2.35. The van der Waals surface area contributed by atoms with E-state index < -0.39 is 8.07 Å². The summed E-state index contributed by atoms with van der Waals surface area (Å²) in [6, 6.07) is 2.78. The third-order valence-corrected chi connectivity index (χ3v) is 6.86. The Kier molecular flexibility index (Phi) is 8.19. The summed E-state index contributed by atoms with van der Waals surface area (Å²) >= 11 is 0. The van der Waals surface area contributed by atoms with Gasteiger partial charge in [0.2, 0.25) is 0 Å². The van der Waals surface area contributed by atoms with E-state index in [1.54, 1.807) is 0 Å². The highest BCUT2D eigenvalue weighted by Crippen LogP contribution is 2.22. The van der Waals surface area contributed by atoms with Gasteiger partial charge in [-0.25, -0.2) is 0 Å². The lowest BCUT2D eigenvalue weighted by Gasteiger charge is -2.23. The van der Waals surface area contributed by atoms with Gasteiger partial charge in [-0.15, -0.1) is 0 Å². The molecule has 0 aromatic heterocycles. The van der Waals surface area contributed by atoms with Crippen LogP contribution in [0.2, 0.25) is 18.6 Å². The molecule has 0 fully saturated rings. The molecule has 0 aromatic rings. The monoisotopic (exact) mass is 214 g/mol. The van der Waals surface area contributed by atoms with Crippen LogP contribution in [0.1, 0.15) is 39.5 Å². The highest BCUT2D eigenvalue weighted by atomic mass is 28.3. The standard InChI is InChI=1S/C12H26OSi/c1-4-6-10-14(3,11-7-5-2)12-8-9-13/h8,12-13H,4-7,9-11H2,1-3H3. The molecule has 0 aromatic carbocycles. The van der Waals surface area contributed by atoms with Crippen LogP contribution in [0.25, 0.3) is 0 Å². The largest absolute Gasteiger partial charge is 0.392 e. The Morgan fingerprint density at radius 3 is 1.93 bits per heavy atom. The van der Waals surface area contributed by atoms with E-state index in [2.05, 4.69) is 26.1 Å². The molecular weight excluding hydrogens is 188 g/mol. The molecule has 14 heavy (non-hydrogen) atoms. The van der Waals surface area contributed by atoms with Crippen molar-refractivity contribution in [2.24, 2.45) is 0 Å². The van der Waals surface area contributed by atoms with Crippen molar-refractivity contribution >= 4 is 8.07 Å². The SMILES string of the molecule is CCCC[Si](C)(C=CCO)CCCC. The van der Waals surface area contributed by atoms with E-state index in [1.807, 2.05) is 6.08 Å². The fraction of sp³-hybridized carbons (Fsp3) is 0.833. The van der Waals surface area contributed by atoms with Crippen LogP contribution in [-0.4, -0.2) is 19.8 Å². The van der Waals surface area contributed by atoms with Crippen molar-refractivity contribution in [2.75, 3.05) is 6.61 Å². The van der Waals surface area contributed by atoms with Gasteiger partial charge in [0.05, 0.1) is 14.7 Å². The van der Waals surface area contributed by atoms with Crippen molar-refractivity contribution in [2.45, 2.75) is 58.2 Å². The van der Waals surface area contributed by atoms with Crippen LogP contribution in [-0.2, 0) is 0 Å². The van der Waals surface area contributed by atoms with E-state index in [9.17, 15) is 0 Å².